The fourth-order valence-electron chi connectivity index (χ4n) is 2.11. The zero-order chi connectivity index (χ0) is 19.1. The van der Waals surface area contributed by atoms with Crippen LogP contribution < -0.4 is 10.0 Å². The Hall–Kier alpha value is -1.58. The van der Waals surface area contributed by atoms with Gasteiger partial charge in [-0.3, -0.25) is 4.79 Å². The lowest BCUT2D eigenvalue weighted by molar-refractivity contribution is -0.121. The minimum Gasteiger partial charge on any atom is -0.365 e. The Kier molecular flexibility index (Phi) is 7.91. The minimum absolute atomic E-state index is 0.126. The Bertz CT molecular complexity index is 635. The Morgan fingerprint density at radius 2 is 2.08 bits per heavy atom. The minimum atomic E-state index is -3.35. The molecule has 0 aromatic rings. The van der Waals surface area contributed by atoms with E-state index in [1.165, 1.54) is 0 Å². The Labute approximate surface area is 148 Å². The van der Waals surface area contributed by atoms with Crippen LogP contribution in [0.3, 0.4) is 0 Å². The van der Waals surface area contributed by atoms with Crippen LogP contribution in [-0.4, -0.2) is 43.0 Å². The van der Waals surface area contributed by atoms with Crippen LogP contribution in [0.5, 0.6) is 0 Å². The zero-order valence-corrected chi connectivity index (χ0v) is 15.7. The van der Waals surface area contributed by atoms with Gasteiger partial charge in [-0.25, -0.2) is 13.1 Å². The summed E-state index contributed by atoms with van der Waals surface area (Å²) in [6.07, 6.45) is 5.50. The van der Waals surface area contributed by atoms with E-state index >= 15 is 0 Å². The first kappa shape index (κ1) is 21.5. The lowest BCUT2D eigenvalue weighted by Gasteiger charge is -2.20. The Morgan fingerprint density at radius 3 is 2.60 bits per heavy atom. The van der Waals surface area contributed by atoms with Gasteiger partial charge < -0.3 is 10.4 Å². The molecule has 8 nitrogen and oxygen atoms in total. The smallest absolute Gasteiger partial charge is 0.220 e. The van der Waals surface area contributed by atoms with Crippen molar-refractivity contribution >= 4 is 15.9 Å². The molecule has 9 heteroatoms. The highest BCUT2D eigenvalue weighted by Crippen LogP contribution is 2.15. The number of carbonyl (C=O) groups excluding carboxylic acids is 1. The third kappa shape index (κ3) is 7.05. The molecule has 1 aliphatic rings. The summed E-state index contributed by atoms with van der Waals surface area (Å²) in [5.74, 6) is -0.126. The summed E-state index contributed by atoms with van der Waals surface area (Å²) in [5, 5.41) is 14.7. The third-order valence-corrected chi connectivity index (χ3v) is 6.00. The van der Waals surface area contributed by atoms with Crippen molar-refractivity contribution in [2.45, 2.75) is 63.5 Å². The van der Waals surface area contributed by atoms with E-state index in [1.807, 2.05) is 0 Å². The summed E-state index contributed by atoms with van der Waals surface area (Å²) < 4.78 is 25.4. The number of amides is 1. The first-order valence-corrected chi connectivity index (χ1v) is 9.72. The highest BCUT2D eigenvalue weighted by Gasteiger charge is 2.28. The van der Waals surface area contributed by atoms with Gasteiger partial charge in [-0.15, -0.1) is 4.91 Å². The molecule has 0 heterocycles. The Morgan fingerprint density at radius 1 is 1.40 bits per heavy atom. The molecule has 1 amide bonds. The highest BCUT2D eigenvalue weighted by atomic mass is 32.2. The lowest BCUT2D eigenvalue weighted by Crippen LogP contribution is -2.39. The number of unbranched alkanes of at least 4 members (excludes halogenated alkanes) is 1. The number of aliphatic hydroxyl groups is 1. The predicted octanol–water partition coefficient (Wildman–Crippen LogP) is 1.33. The van der Waals surface area contributed by atoms with Crippen molar-refractivity contribution in [3.8, 4) is 0 Å². The SMILES string of the molecule is CC(C)(C)S(=O)(=O)NCCCCC(=O)NC1C=CC([C@@H](O)N=O)=CC1. The van der Waals surface area contributed by atoms with Crippen LogP contribution in [-0.2, 0) is 14.8 Å². The number of rotatable bonds is 9. The van der Waals surface area contributed by atoms with E-state index in [4.69, 9.17) is 0 Å². The molecule has 25 heavy (non-hydrogen) atoms. The zero-order valence-electron chi connectivity index (χ0n) is 14.9. The highest BCUT2D eigenvalue weighted by molar-refractivity contribution is 7.90. The van der Waals surface area contributed by atoms with Gasteiger partial charge in [-0.05, 0) is 45.2 Å². The Balaban J connectivity index is 2.24. The van der Waals surface area contributed by atoms with E-state index in [0.29, 0.717) is 37.8 Å². The quantitative estimate of drug-likeness (QED) is 0.415. The van der Waals surface area contributed by atoms with E-state index < -0.39 is 21.0 Å². The van der Waals surface area contributed by atoms with Gasteiger partial charge in [0.1, 0.15) is 0 Å². The van der Waals surface area contributed by atoms with Gasteiger partial charge in [0, 0.05) is 18.5 Å². The van der Waals surface area contributed by atoms with Crippen molar-refractivity contribution < 1.29 is 18.3 Å². The van der Waals surface area contributed by atoms with Crippen LogP contribution in [0, 0.1) is 4.91 Å². The largest absolute Gasteiger partial charge is 0.365 e. The molecule has 0 saturated carbocycles. The standard InChI is InChI=1S/C16H27N3O5S/c1-16(2,3)25(23,24)17-11-5-4-6-14(20)18-13-9-7-12(8-10-13)15(21)19-22/h7-9,13,15,17,21H,4-6,10-11H2,1-3H3,(H,18,20)/t13?,15-/m1/s1. The third-order valence-electron chi connectivity index (χ3n) is 3.80. The van der Waals surface area contributed by atoms with Gasteiger partial charge in [0.25, 0.3) is 0 Å². The summed E-state index contributed by atoms with van der Waals surface area (Å²) in [6.45, 7) is 5.19. The van der Waals surface area contributed by atoms with Crippen molar-refractivity contribution in [3.05, 3.63) is 28.7 Å². The van der Waals surface area contributed by atoms with E-state index in [-0.39, 0.29) is 11.9 Å². The molecule has 0 bridgehead atoms. The molecule has 1 aliphatic carbocycles. The van der Waals surface area contributed by atoms with Crippen LogP contribution >= 0.6 is 0 Å². The number of nitrogens with zero attached hydrogens (tertiary/aromatic N) is 1. The molecule has 1 rings (SSSR count). The monoisotopic (exact) mass is 373 g/mol. The molecule has 0 spiro atoms. The summed E-state index contributed by atoms with van der Waals surface area (Å²) >= 11 is 0. The van der Waals surface area contributed by atoms with Crippen LogP contribution in [0.15, 0.2) is 29.0 Å². The number of hydrogen-bond acceptors (Lipinski definition) is 6. The van der Waals surface area contributed by atoms with E-state index in [9.17, 15) is 23.2 Å². The van der Waals surface area contributed by atoms with Crippen LogP contribution in [0.4, 0.5) is 0 Å². The number of nitroso groups, excluding NO2 is 1. The molecule has 142 valence electrons. The van der Waals surface area contributed by atoms with Gasteiger partial charge in [0.2, 0.25) is 22.2 Å². The van der Waals surface area contributed by atoms with E-state index in [0.717, 1.165) is 0 Å². The maximum Gasteiger partial charge on any atom is 0.220 e. The summed E-state index contributed by atoms with van der Waals surface area (Å²) in [6, 6.07) is -0.186. The van der Waals surface area contributed by atoms with E-state index in [1.54, 1.807) is 39.0 Å². The van der Waals surface area contributed by atoms with Crippen LogP contribution in [0.25, 0.3) is 0 Å². The average Bonchev–Trinajstić information content (AvgIpc) is 2.53. The molecule has 0 aromatic heterocycles. The van der Waals surface area contributed by atoms with Crippen molar-refractivity contribution in [1.29, 1.82) is 0 Å². The summed E-state index contributed by atoms with van der Waals surface area (Å²) in [5.41, 5.74) is 0.423. The lowest BCUT2D eigenvalue weighted by atomic mass is 10.0. The fourth-order valence-corrected chi connectivity index (χ4v) is 2.95. The predicted molar refractivity (Wildman–Crippen MR) is 96.1 cm³/mol. The average molecular weight is 373 g/mol. The molecule has 0 radical (unpaired) electrons. The van der Waals surface area contributed by atoms with Crippen molar-refractivity contribution in [2.75, 3.05) is 6.54 Å². The van der Waals surface area contributed by atoms with E-state index in [2.05, 4.69) is 15.2 Å². The first-order chi connectivity index (χ1) is 11.6. The number of hydrogen-bond donors (Lipinski definition) is 3. The molecule has 0 saturated heterocycles. The van der Waals surface area contributed by atoms with Crippen LogP contribution in [0.2, 0.25) is 0 Å². The second kappa shape index (κ2) is 9.21. The second-order valence-corrected chi connectivity index (χ2v) is 9.44. The van der Waals surface area contributed by atoms with Gasteiger partial charge >= 0.3 is 0 Å². The van der Waals surface area contributed by atoms with Crippen molar-refractivity contribution in [1.82, 2.24) is 10.0 Å². The molecule has 0 fully saturated rings. The molecule has 0 aromatic carbocycles. The topological polar surface area (TPSA) is 125 Å². The number of nitrogens with one attached hydrogen (secondary N) is 2. The number of sulfonamides is 1. The summed E-state index contributed by atoms with van der Waals surface area (Å²) in [4.78, 5) is 22.1. The summed E-state index contributed by atoms with van der Waals surface area (Å²) in [7, 11) is -3.35. The first-order valence-electron chi connectivity index (χ1n) is 8.24. The molecule has 2 atom stereocenters. The molecular weight excluding hydrogens is 346 g/mol. The molecule has 1 unspecified atom stereocenters. The number of carbonyl (C=O) groups is 1. The van der Waals surface area contributed by atoms with Gasteiger partial charge in [0.05, 0.1) is 10.8 Å². The molecule has 3 N–H and O–H groups in total. The number of aliphatic hydroxyl groups excluding tert-OH is 1. The molecule has 0 aliphatic heterocycles. The van der Waals surface area contributed by atoms with Crippen molar-refractivity contribution in [3.63, 3.8) is 0 Å². The maximum absolute atomic E-state index is 11.9. The fraction of sp³-hybridized carbons (Fsp3) is 0.688. The van der Waals surface area contributed by atoms with Gasteiger partial charge in [-0.1, -0.05) is 18.2 Å². The van der Waals surface area contributed by atoms with Crippen LogP contribution in [0.1, 0.15) is 46.5 Å². The second-order valence-electron chi connectivity index (χ2n) is 6.92. The normalized spacial score (nSPS) is 19.2. The van der Waals surface area contributed by atoms with Gasteiger partial charge in [-0.2, -0.15) is 0 Å². The van der Waals surface area contributed by atoms with Crippen molar-refractivity contribution in [2.24, 2.45) is 5.18 Å². The maximum atomic E-state index is 11.9. The molecular formula is C16H27N3O5S. The van der Waals surface area contributed by atoms with Gasteiger partial charge in [0.15, 0.2) is 0 Å².